The van der Waals surface area contributed by atoms with Crippen LogP contribution in [0.1, 0.15) is 36.2 Å². The number of carboxylic acids is 1. The van der Waals surface area contributed by atoms with E-state index in [1.807, 2.05) is 6.07 Å². The second-order valence-corrected chi connectivity index (χ2v) is 4.78. The van der Waals surface area contributed by atoms with E-state index in [9.17, 15) is 9.59 Å². The summed E-state index contributed by atoms with van der Waals surface area (Å²) < 4.78 is 5.13. The average Bonchev–Trinajstić information content (AvgIpc) is 3.01. The predicted octanol–water partition coefficient (Wildman–Crippen LogP) is 2.11. The van der Waals surface area contributed by atoms with E-state index in [2.05, 4.69) is 15.5 Å². The molecule has 0 aromatic carbocycles. The van der Waals surface area contributed by atoms with Gasteiger partial charge in [0.25, 0.3) is 5.91 Å². The number of amides is 1. The Kier molecular flexibility index (Phi) is 5.65. The van der Waals surface area contributed by atoms with Crippen LogP contribution in [-0.2, 0) is 4.79 Å². The maximum Gasteiger partial charge on any atom is 0.303 e. The first-order chi connectivity index (χ1) is 10.7. The molecule has 2 aromatic rings. The van der Waals surface area contributed by atoms with Crippen molar-refractivity contribution in [2.75, 3.05) is 6.54 Å². The Balaban J connectivity index is 1.77. The van der Waals surface area contributed by atoms with Gasteiger partial charge in [0, 0.05) is 37.0 Å². The summed E-state index contributed by atoms with van der Waals surface area (Å²) in [7, 11) is 0. The zero-order valence-corrected chi connectivity index (χ0v) is 12.0. The molecule has 2 heterocycles. The lowest BCUT2D eigenvalue weighted by atomic mass is 10.2. The number of rotatable bonds is 8. The molecule has 0 saturated carbocycles. The molecule has 0 bridgehead atoms. The van der Waals surface area contributed by atoms with E-state index in [0.717, 1.165) is 18.4 Å². The molecule has 0 aliphatic rings. The molecule has 1 amide bonds. The van der Waals surface area contributed by atoms with Gasteiger partial charge in [0.05, 0.1) is 0 Å². The molecule has 0 atom stereocenters. The van der Waals surface area contributed by atoms with Crippen LogP contribution in [0.25, 0.3) is 11.3 Å². The van der Waals surface area contributed by atoms with E-state index in [4.69, 9.17) is 9.63 Å². The molecule has 0 unspecified atom stereocenters. The maximum absolute atomic E-state index is 11.9. The quantitative estimate of drug-likeness (QED) is 0.724. The van der Waals surface area contributed by atoms with Crippen LogP contribution >= 0.6 is 0 Å². The molecule has 2 N–H and O–H groups in total. The highest BCUT2D eigenvalue weighted by Crippen LogP contribution is 2.18. The Labute approximate surface area is 127 Å². The Hall–Kier alpha value is -2.70. The number of carbonyl (C=O) groups is 2. The van der Waals surface area contributed by atoms with E-state index in [0.29, 0.717) is 18.7 Å². The smallest absolute Gasteiger partial charge is 0.303 e. The van der Waals surface area contributed by atoms with E-state index in [-0.39, 0.29) is 18.0 Å². The summed E-state index contributed by atoms with van der Waals surface area (Å²) in [6.45, 7) is 0.480. The molecule has 2 aromatic heterocycles. The van der Waals surface area contributed by atoms with Gasteiger partial charge in [-0.2, -0.15) is 0 Å². The Bertz CT molecular complexity index is 625. The van der Waals surface area contributed by atoms with Crippen molar-refractivity contribution >= 4 is 11.9 Å². The van der Waals surface area contributed by atoms with E-state index < -0.39 is 5.97 Å². The topological polar surface area (TPSA) is 105 Å². The van der Waals surface area contributed by atoms with Crippen molar-refractivity contribution in [1.29, 1.82) is 0 Å². The number of aromatic nitrogens is 2. The number of nitrogens with one attached hydrogen (secondary N) is 1. The predicted molar refractivity (Wildman–Crippen MR) is 78.2 cm³/mol. The van der Waals surface area contributed by atoms with Crippen molar-refractivity contribution in [2.45, 2.75) is 25.7 Å². The van der Waals surface area contributed by atoms with Crippen LogP contribution in [-0.4, -0.2) is 33.7 Å². The summed E-state index contributed by atoms with van der Waals surface area (Å²) in [4.78, 5) is 26.2. The number of hydrogen-bond donors (Lipinski definition) is 2. The van der Waals surface area contributed by atoms with Crippen LogP contribution in [0.2, 0.25) is 0 Å². The van der Waals surface area contributed by atoms with Crippen molar-refractivity contribution in [2.24, 2.45) is 0 Å². The minimum Gasteiger partial charge on any atom is -0.481 e. The second-order valence-electron chi connectivity index (χ2n) is 4.78. The van der Waals surface area contributed by atoms with Crippen molar-refractivity contribution in [1.82, 2.24) is 15.5 Å². The first kappa shape index (κ1) is 15.7. The van der Waals surface area contributed by atoms with Gasteiger partial charge in [0.2, 0.25) is 0 Å². The molecule has 2 rings (SSSR count). The molecule has 22 heavy (non-hydrogen) atoms. The third-order valence-corrected chi connectivity index (χ3v) is 3.04. The second kappa shape index (κ2) is 7.92. The summed E-state index contributed by atoms with van der Waals surface area (Å²) >= 11 is 0. The van der Waals surface area contributed by atoms with Gasteiger partial charge in [-0.1, -0.05) is 11.6 Å². The SMILES string of the molecule is O=C(O)CCCCCNC(=O)c1cc(-c2cccnc2)on1. The third kappa shape index (κ3) is 4.69. The molecule has 0 spiro atoms. The summed E-state index contributed by atoms with van der Waals surface area (Å²) in [6.07, 6.45) is 5.53. The number of aliphatic carboxylic acids is 1. The lowest BCUT2D eigenvalue weighted by molar-refractivity contribution is -0.137. The first-order valence-corrected chi connectivity index (χ1v) is 7.04. The summed E-state index contributed by atoms with van der Waals surface area (Å²) in [5, 5.41) is 15.0. The highest BCUT2D eigenvalue weighted by atomic mass is 16.5. The summed E-state index contributed by atoms with van der Waals surface area (Å²) in [5.41, 5.74) is 0.965. The molecule has 0 radical (unpaired) electrons. The van der Waals surface area contributed by atoms with Crippen molar-refractivity contribution < 1.29 is 19.2 Å². The lowest BCUT2D eigenvalue weighted by Crippen LogP contribution is -2.24. The molecule has 0 fully saturated rings. The number of carbonyl (C=O) groups excluding carboxylic acids is 1. The Morgan fingerprint density at radius 2 is 2.14 bits per heavy atom. The minimum absolute atomic E-state index is 0.158. The van der Waals surface area contributed by atoms with E-state index in [1.54, 1.807) is 24.5 Å². The molecule has 7 heteroatoms. The average molecular weight is 303 g/mol. The molecule has 116 valence electrons. The van der Waals surface area contributed by atoms with Gasteiger partial charge in [-0.25, -0.2) is 0 Å². The lowest BCUT2D eigenvalue weighted by Gasteiger charge is -2.01. The third-order valence-electron chi connectivity index (χ3n) is 3.04. The minimum atomic E-state index is -0.797. The normalized spacial score (nSPS) is 10.4. The molecule has 7 nitrogen and oxygen atoms in total. The van der Waals surface area contributed by atoms with Gasteiger partial charge in [0.1, 0.15) is 0 Å². The standard InChI is InChI=1S/C15H17N3O4/c19-14(20)6-2-1-3-8-17-15(21)12-9-13(22-18-12)11-5-4-7-16-10-11/h4-5,7,9-10H,1-3,6,8H2,(H,17,21)(H,19,20). The Morgan fingerprint density at radius 3 is 2.86 bits per heavy atom. The summed E-state index contributed by atoms with van der Waals surface area (Å²) in [6, 6.07) is 5.16. The molecule has 0 aliphatic carbocycles. The fourth-order valence-corrected chi connectivity index (χ4v) is 1.90. The fraction of sp³-hybridized carbons (Fsp3) is 0.333. The van der Waals surface area contributed by atoms with Crippen molar-refractivity contribution in [3.63, 3.8) is 0 Å². The van der Waals surface area contributed by atoms with Gasteiger partial charge in [-0.05, 0) is 25.0 Å². The van der Waals surface area contributed by atoms with Crippen LogP contribution in [0.5, 0.6) is 0 Å². The molecular weight excluding hydrogens is 286 g/mol. The fourth-order valence-electron chi connectivity index (χ4n) is 1.90. The molecule has 0 aliphatic heterocycles. The zero-order valence-electron chi connectivity index (χ0n) is 12.0. The van der Waals surface area contributed by atoms with Crippen LogP contribution in [0.3, 0.4) is 0 Å². The highest BCUT2D eigenvalue weighted by Gasteiger charge is 2.13. The monoisotopic (exact) mass is 303 g/mol. The van der Waals surface area contributed by atoms with Gasteiger partial charge in [-0.3, -0.25) is 14.6 Å². The number of pyridine rings is 1. The number of unbranched alkanes of at least 4 members (excludes halogenated alkanes) is 2. The van der Waals surface area contributed by atoms with Crippen LogP contribution < -0.4 is 5.32 Å². The first-order valence-electron chi connectivity index (χ1n) is 7.04. The van der Waals surface area contributed by atoms with Crippen LogP contribution in [0, 0.1) is 0 Å². The molecular formula is C15H17N3O4. The van der Waals surface area contributed by atoms with Gasteiger partial charge < -0.3 is 14.9 Å². The largest absolute Gasteiger partial charge is 0.481 e. The van der Waals surface area contributed by atoms with E-state index in [1.165, 1.54) is 0 Å². The summed E-state index contributed by atoms with van der Waals surface area (Å²) in [5.74, 6) is -0.619. The zero-order chi connectivity index (χ0) is 15.8. The van der Waals surface area contributed by atoms with Gasteiger partial charge in [0.15, 0.2) is 11.5 Å². The number of nitrogens with zero attached hydrogens (tertiary/aromatic N) is 2. The van der Waals surface area contributed by atoms with Crippen molar-refractivity contribution in [3.05, 3.63) is 36.3 Å². The van der Waals surface area contributed by atoms with Crippen LogP contribution in [0.15, 0.2) is 35.1 Å². The molecule has 0 saturated heterocycles. The maximum atomic E-state index is 11.9. The number of carboxylic acid groups (broad SMARTS) is 1. The van der Waals surface area contributed by atoms with Gasteiger partial charge >= 0.3 is 5.97 Å². The highest BCUT2D eigenvalue weighted by molar-refractivity contribution is 5.93. The van der Waals surface area contributed by atoms with Crippen molar-refractivity contribution in [3.8, 4) is 11.3 Å². The van der Waals surface area contributed by atoms with Crippen LogP contribution in [0.4, 0.5) is 0 Å². The Morgan fingerprint density at radius 1 is 1.27 bits per heavy atom. The van der Waals surface area contributed by atoms with Gasteiger partial charge in [-0.15, -0.1) is 0 Å². The number of hydrogen-bond acceptors (Lipinski definition) is 5. The van der Waals surface area contributed by atoms with E-state index >= 15 is 0 Å².